The Morgan fingerprint density at radius 2 is 2.20 bits per heavy atom. The quantitative estimate of drug-likeness (QED) is 0.894. The van der Waals surface area contributed by atoms with Gasteiger partial charge in [-0.15, -0.1) is 0 Å². The molecule has 20 heavy (non-hydrogen) atoms. The van der Waals surface area contributed by atoms with E-state index in [0.717, 1.165) is 50.5 Å². The molecule has 2 aliphatic heterocycles. The van der Waals surface area contributed by atoms with Crippen molar-refractivity contribution in [3.8, 4) is 5.75 Å². The number of benzene rings is 1. The highest BCUT2D eigenvalue weighted by Crippen LogP contribution is 2.28. The molecule has 0 spiro atoms. The number of hydrogen-bond acceptors (Lipinski definition) is 4. The second kappa shape index (κ2) is 6.08. The fraction of sp³-hybridized carbons (Fsp3) is 0.600. The van der Waals surface area contributed by atoms with E-state index in [2.05, 4.69) is 17.3 Å². The maximum atomic E-state index is 13.1. The maximum Gasteiger partial charge on any atom is 0.123 e. The van der Waals surface area contributed by atoms with Gasteiger partial charge in [0.05, 0.1) is 12.7 Å². The first-order chi connectivity index (χ1) is 9.70. The smallest absolute Gasteiger partial charge is 0.123 e. The second-order valence-corrected chi connectivity index (χ2v) is 5.61. The Kier molecular flexibility index (Phi) is 4.19. The first kappa shape index (κ1) is 13.8. The first-order valence-corrected chi connectivity index (χ1v) is 7.16. The van der Waals surface area contributed by atoms with E-state index in [-0.39, 0.29) is 18.0 Å². The highest BCUT2D eigenvalue weighted by atomic mass is 19.1. The van der Waals surface area contributed by atoms with Crippen LogP contribution in [0.2, 0.25) is 0 Å². The lowest BCUT2D eigenvalue weighted by Gasteiger charge is -2.30. The summed E-state index contributed by atoms with van der Waals surface area (Å²) in [5.74, 6) is 0.617. The predicted molar refractivity (Wildman–Crippen MR) is 74.6 cm³/mol. The molecule has 2 unspecified atom stereocenters. The molecule has 1 aromatic carbocycles. The Bertz CT molecular complexity index is 469. The lowest BCUT2D eigenvalue weighted by Crippen LogP contribution is -2.46. The SMILES string of the molecule is CN1CCOC(CNCC2Cc3cc(F)ccc3O2)C1. The summed E-state index contributed by atoms with van der Waals surface area (Å²) in [6.07, 6.45) is 1.11. The molecule has 2 heterocycles. The van der Waals surface area contributed by atoms with Gasteiger partial charge in [-0.05, 0) is 25.2 Å². The third-order valence-electron chi connectivity index (χ3n) is 3.85. The third kappa shape index (κ3) is 3.29. The minimum atomic E-state index is -0.195. The summed E-state index contributed by atoms with van der Waals surface area (Å²) in [5.41, 5.74) is 0.963. The Balaban J connectivity index is 1.42. The summed E-state index contributed by atoms with van der Waals surface area (Å²) in [6.45, 7) is 4.36. The van der Waals surface area contributed by atoms with Crippen LogP contribution in [-0.4, -0.2) is 56.9 Å². The molecule has 1 N–H and O–H groups in total. The van der Waals surface area contributed by atoms with E-state index in [1.165, 1.54) is 6.07 Å². The summed E-state index contributed by atoms with van der Waals surface area (Å²) in [4.78, 5) is 2.28. The van der Waals surface area contributed by atoms with Crippen molar-refractivity contribution in [2.45, 2.75) is 18.6 Å². The minimum Gasteiger partial charge on any atom is -0.488 e. The fourth-order valence-corrected chi connectivity index (χ4v) is 2.80. The van der Waals surface area contributed by atoms with E-state index in [1.54, 1.807) is 12.1 Å². The number of hydrogen-bond donors (Lipinski definition) is 1. The van der Waals surface area contributed by atoms with Crippen molar-refractivity contribution in [1.82, 2.24) is 10.2 Å². The van der Waals surface area contributed by atoms with E-state index in [1.807, 2.05) is 0 Å². The van der Waals surface area contributed by atoms with Crippen molar-refractivity contribution in [1.29, 1.82) is 0 Å². The highest BCUT2D eigenvalue weighted by molar-refractivity contribution is 5.37. The molecular formula is C15H21FN2O2. The van der Waals surface area contributed by atoms with Crippen molar-refractivity contribution in [3.63, 3.8) is 0 Å². The number of rotatable bonds is 4. The van der Waals surface area contributed by atoms with Gasteiger partial charge in [0.1, 0.15) is 17.7 Å². The highest BCUT2D eigenvalue weighted by Gasteiger charge is 2.24. The van der Waals surface area contributed by atoms with Crippen molar-refractivity contribution >= 4 is 0 Å². The Labute approximate surface area is 118 Å². The van der Waals surface area contributed by atoms with Crippen LogP contribution < -0.4 is 10.1 Å². The molecule has 0 aliphatic carbocycles. The second-order valence-electron chi connectivity index (χ2n) is 5.61. The molecule has 0 saturated carbocycles. The lowest BCUT2D eigenvalue weighted by molar-refractivity contribution is -0.0187. The molecule has 0 radical (unpaired) electrons. The van der Waals surface area contributed by atoms with Crippen molar-refractivity contribution in [2.75, 3.05) is 39.8 Å². The average Bonchev–Trinajstić information content (AvgIpc) is 2.80. The van der Waals surface area contributed by atoms with E-state index in [9.17, 15) is 4.39 Å². The van der Waals surface area contributed by atoms with Gasteiger partial charge in [0.25, 0.3) is 0 Å². The van der Waals surface area contributed by atoms with Crippen molar-refractivity contribution in [2.24, 2.45) is 0 Å². The lowest BCUT2D eigenvalue weighted by atomic mass is 10.1. The van der Waals surface area contributed by atoms with Crippen LogP contribution in [0.25, 0.3) is 0 Å². The maximum absolute atomic E-state index is 13.1. The molecule has 3 rings (SSSR count). The molecule has 0 aromatic heterocycles. The summed E-state index contributed by atoms with van der Waals surface area (Å²) < 4.78 is 24.6. The van der Waals surface area contributed by atoms with Crippen molar-refractivity contribution in [3.05, 3.63) is 29.6 Å². The molecule has 1 saturated heterocycles. The zero-order valence-electron chi connectivity index (χ0n) is 11.8. The van der Waals surface area contributed by atoms with E-state index < -0.39 is 0 Å². The average molecular weight is 280 g/mol. The standard InChI is InChI=1S/C15H21FN2O2/c1-18-4-5-19-14(10-18)9-17-8-13-7-11-6-12(16)2-3-15(11)20-13/h2-3,6,13-14,17H,4-5,7-10H2,1H3. The van der Waals surface area contributed by atoms with Gasteiger partial charge >= 0.3 is 0 Å². The molecule has 1 aromatic rings. The van der Waals surface area contributed by atoms with Gasteiger partial charge in [-0.2, -0.15) is 0 Å². The molecule has 4 nitrogen and oxygen atoms in total. The summed E-state index contributed by atoms with van der Waals surface area (Å²) >= 11 is 0. The van der Waals surface area contributed by atoms with E-state index >= 15 is 0 Å². The number of fused-ring (bicyclic) bond motifs is 1. The number of nitrogens with one attached hydrogen (secondary N) is 1. The van der Waals surface area contributed by atoms with Crippen LogP contribution in [0.15, 0.2) is 18.2 Å². The summed E-state index contributed by atoms with van der Waals surface area (Å²) in [7, 11) is 2.11. The van der Waals surface area contributed by atoms with Gasteiger partial charge < -0.3 is 19.7 Å². The van der Waals surface area contributed by atoms with Gasteiger partial charge in [-0.25, -0.2) is 4.39 Å². The first-order valence-electron chi connectivity index (χ1n) is 7.16. The molecular weight excluding hydrogens is 259 g/mol. The zero-order valence-corrected chi connectivity index (χ0v) is 11.8. The molecule has 0 amide bonds. The van der Waals surface area contributed by atoms with Crippen LogP contribution in [0.5, 0.6) is 5.75 Å². The number of nitrogens with zero attached hydrogens (tertiary/aromatic N) is 1. The molecule has 0 bridgehead atoms. The van der Waals surface area contributed by atoms with Gasteiger partial charge in [0.15, 0.2) is 0 Å². The largest absolute Gasteiger partial charge is 0.488 e. The minimum absolute atomic E-state index is 0.0909. The number of halogens is 1. The van der Waals surface area contributed by atoms with Gasteiger partial charge in [0.2, 0.25) is 0 Å². The number of morpholine rings is 1. The molecule has 1 fully saturated rings. The van der Waals surface area contributed by atoms with Crippen LogP contribution in [-0.2, 0) is 11.2 Å². The van der Waals surface area contributed by atoms with Crippen LogP contribution in [0.4, 0.5) is 4.39 Å². The number of likely N-dealkylation sites (N-methyl/N-ethyl adjacent to an activating group) is 1. The molecule has 2 atom stereocenters. The Morgan fingerprint density at radius 3 is 3.05 bits per heavy atom. The fourth-order valence-electron chi connectivity index (χ4n) is 2.80. The predicted octanol–water partition coefficient (Wildman–Crippen LogP) is 1.05. The van der Waals surface area contributed by atoms with Gasteiger partial charge in [0, 0.05) is 38.2 Å². The summed E-state index contributed by atoms with van der Waals surface area (Å²) in [6, 6.07) is 4.72. The molecule has 2 aliphatic rings. The van der Waals surface area contributed by atoms with Gasteiger partial charge in [-0.1, -0.05) is 0 Å². The Hall–Kier alpha value is -1.17. The number of ether oxygens (including phenoxy) is 2. The normalized spacial score (nSPS) is 26.3. The summed E-state index contributed by atoms with van der Waals surface area (Å²) in [5, 5.41) is 3.40. The van der Waals surface area contributed by atoms with Crippen LogP contribution in [0.1, 0.15) is 5.56 Å². The topological polar surface area (TPSA) is 33.7 Å². The Morgan fingerprint density at radius 1 is 1.35 bits per heavy atom. The van der Waals surface area contributed by atoms with Crippen LogP contribution in [0, 0.1) is 5.82 Å². The van der Waals surface area contributed by atoms with E-state index in [0.29, 0.717) is 0 Å². The van der Waals surface area contributed by atoms with E-state index in [4.69, 9.17) is 9.47 Å². The zero-order chi connectivity index (χ0) is 13.9. The third-order valence-corrected chi connectivity index (χ3v) is 3.85. The monoisotopic (exact) mass is 280 g/mol. The van der Waals surface area contributed by atoms with Crippen molar-refractivity contribution < 1.29 is 13.9 Å². The van der Waals surface area contributed by atoms with Crippen LogP contribution in [0.3, 0.4) is 0 Å². The van der Waals surface area contributed by atoms with Gasteiger partial charge in [-0.3, -0.25) is 0 Å². The molecule has 110 valence electrons. The van der Waals surface area contributed by atoms with Crippen LogP contribution >= 0.6 is 0 Å². The molecule has 5 heteroatoms.